The van der Waals surface area contributed by atoms with Crippen LogP contribution in [0.25, 0.3) is 0 Å². The quantitative estimate of drug-likeness (QED) is 0.576. The zero-order valence-corrected chi connectivity index (χ0v) is 13.6. The lowest BCUT2D eigenvalue weighted by Crippen LogP contribution is -1.91. The van der Waals surface area contributed by atoms with E-state index in [0.717, 1.165) is 32.4 Å². The van der Waals surface area contributed by atoms with Crippen LogP contribution in [0.2, 0.25) is 5.02 Å². The van der Waals surface area contributed by atoms with E-state index in [9.17, 15) is 0 Å². The van der Waals surface area contributed by atoms with Gasteiger partial charge in [-0.25, -0.2) is 0 Å². The fourth-order valence-corrected chi connectivity index (χ4v) is 2.68. The Labute approximate surface area is 128 Å². The summed E-state index contributed by atoms with van der Waals surface area (Å²) < 4.78 is 6.97. The van der Waals surface area contributed by atoms with Crippen LogP contribution in [0.1, 0.15) is 11.1 Å². The highest BCUT2D eigenvalue weighted by Crippen LogP contribution is 2.32. The number of hydrogen-bond donors (Lipinski definition) is 0. The first-order valence-electron chi connectivity index (χ1n) is 5.38. The Morgan fingerprint density at radius 3 is 2.56 bits per heavy atom. The van der Waals surface area contributed by atoms with Crippen LogP contribution in [0.4, 0.5) is 0 Å². The third-order valence-corrected chi connectivity index (χ3v) is 3.86. The van der Waals surface area contributed by atoms with Crippen LogP contribution in [0.5, 0.6) is 11.5 Å². The molecule has 0 saturated heterocycles. The Hall–Kier alpha value is -0.510. The lowest BCUT2D eigenvalue weighted by molar-refractivity contribution is 0.475. The SMILES string of the molecule is Cc1cc(Br)ccc1Oc1cc(Cl)ccc1CBr. The van der Waals surface area contributed by atoms with E-state index in [0.29, 0.717) is 5.02 Å². The standard InChI is InChI=1S/C14H11Br2ClO/c1-9-6-11(16)3-5-13(9)18-14-7-12(17)4-2-10(14)8-15/h2-7H,8H2,1H3. The number of alkyl halides is 1. The Bertz CT molecular complexity index is 570. The molecular weight excluding hydrogens is 379 g/mol. The highest BCUT2D eigenvalue weighted by atomic mass is 79.9. The molecule has 1 nitrogen and oxygen atoms in total. The van der Waals surface area contributed by atoms with Crippen molar-refractivity contribution in [2.75, 3.05) is 0 Å². The lowest BCUT2D eigenvalue weighted by Gasteiger charge is -2.12. The van der Waals surface area contributed by atoms with Gasteiger partial charge in [-0.1, -0.05) is 49.5 Å². The predicted molar refractivity (Wildman–Crippen MR) is 83.0 cm³/mol. The van der Waals surface area contributed by atoms with Gasteiger partial charge in [0, 0.05) is 20.4 Å². The van der Waals surface area contributed by atoms with Crippen LogP contribution >= 0.6 is 43.5 Å². The van der Waals surface area contributed by atoms with Crippen molar-refractivity contribution in [3.8, 4) is 11.5 Å². The first-order chi connectivity index (χ1) is 8.60. The zero-order valence-electron chi connectivity index (χ0n) is 9.71. The van der Waals surface area contributed by atoms with Gasteiger partial charge in [0.1, 0.15) is 11.5 Å². The van der Waals surface area contributed by atoms with E-state index in [1.807, 2.05) is 43.3 Å². The summed E-state index contributed by atoms with van der Waals surface area (Å²) >= 11 is 12.9. The minimum atomic E-state index is 0.671. The second-order valence-electron chi connectivity index (χ2n) is 3.90. The van der Waals surface area contributed by atoms with Gasteiger partial charge < -0.3 is 4.74 Å². The van der Waals surface area contributed by atoms with Gasteiger partial charge in [0.15, 0.2) is 0 Å². The monoisotopic (exact) mass is 388 g/mol. The average molecular weight is 391 g/mol. The number of hydrogen-bond acceptors (Lipinski definition) is 1. The molecule has 0 heterocycles. The molecule has 0 aliphatic rings. The smallest absolute Gasteiger partial charge is 0.132 e. The fourth-order valence-electron chi connectivity index (χ4n) is 1.58. The maximum Gasteiger partial charge on any atom is 0.132 e. The second-order valence-corrected chi connectivity index (χ2v) is 5.81. The van der Waals surface area contributed by atoms with Crippen LogP contribution in [-0.2, 0) is 5.33 Å². The highest BCUT2D eigenvalue weighted by Gasteiger charge is 2.07. The molecule has 0 aliphatic carbocycles. The van der Waals surface area contributed by atoms with Crippen LogP contribution in [0.15, 0.2) is 40.9 Å². The van der Waals surface area contributed by atoms with Gasteiger partial charge >= 0.3 is 0 Å². The molecule has 0 spiro atoms. The molecule has 0 aromatic heterocycles. The molecule has 0 aliphatic heterocycles. The first-order valence-corrected chi connectivity index (χ1v) is 7.68. The van der Waals surface area contributed by atoms with E-state index in [-0.39, 0.29) is 0 Å². The first kappa shape index (κ1) is 13.9. The van der Waals surface area contributed by atoms with E-state index in [1.54, 1.807) is 0 Å². The number of ether oxygens (including phenoxy) is 1. The molecule has 2 aromatic carbocycles. The third-order valence-electron chi connectivity index (χ3n) is 2.53. The molecular formula is C14H11Br2ClO. The number of aryl methyl sites for hydroxylation is 1. The fraction of sp³-hybridized carbons (Fsp3) is 0.143. The van der Waals surface area contributed by atoms with E-state index in [4.69, 9.17) is 16.3 Å². The van der Waals surface area contributed by atoms with Crippen molar-refractivity contribution in [2.24, 2.45) is 0 Å². The Kier molecular flexibility index (Phi) is 4.71. The van der Waals surface area contributed by atoms with Gasteiger partial charge in [-0.2, -0.15) is 0 Å². The Morgan fingerprint density at radius 1 is 1.11 bits per heavy atom. The van der Waals surface area contributed by atoms with Gasteiger partial charge in [0.25, 0.3) is 0 Å². The van der Waals surface area contributed by atoms with Crippen LogP contribution in [0, 0.1) is 6.92 Å². The maximum atomic E-state index is 6.00. The number of halogens is 3. The highest BCUT2D eigenvalue weighted by molar-refractivity contribution is 9.10. The van der Waals surface area contributed by atoms with E-state index < -0.39 is 0 Å². The summed E-state index contributed by atoms with van der Waals surface area (Å²) in [5.74, 6) is 1.62. The van der Waals surface area contributed by atoms with Gasteiger partial charge in [0.2, 0.25) is 0 Å². The molecule has 2 rings (SSSR count). The molecule has 0 unspecified atom stereocenters. The molecule has 4 heteroatoms. The van der Waals surface area contributed by atoms with Crippen LogP contribution in [0.3, 0.4) is 0 Å². The van der Waals surface area contributed by atoms with Gasteiger partial charge in [-0.15, -0.1) is 0 Å². The van der Waals surface area contributed by atoms with Gasteiger partial charge in [0.05, 0.1) is 0 Å². The number of rotatable bonds is 3. The normalized spacial score (nSPS) is 10.4. The minimum Gasteiger partial charge on any atom is -0.457 e. The zero-order chi connectivity index (χ0) is 13.1. The topological polar surface area (TPSA) is 9.23 Å². The Morgan fingerprint density at radius 2 is 1.89 bits per heavy atom. The second kappa shape index (κ2) is 6.09. The summed E-state index contributed by atoms with van der Waals surface area (Å²) in [6.07, 6.45) is 0. The molecule has 0 N–H and O–H groups in total. The summed E-state index contributed by atoms with van der Waals surface area (Å²) in [6.45, 7) is 2.01. The van der Waals surface area contributed by atoms with Gasteiger partial charge in [-0.3, -0.25) is 0 Å². The van der Waals surface area contributed by atoms with Crippen LogP contribution < -0.4 is 4.74 Å². The number of benzene rings is 2. The minimum absolute atomic E-state index is 0.671. The van der Waals surface area contributed by atoms with Gasteiger partial charge in [-0.05, 0) is 42.8 Å². The van der Waals surface area contributed by atoms with Crippen molar-refractivity contribution in [2.45, 2.75) is 12.3 Å². The van der Waals surface area contributed by atoms with Crippen molar-refractivity contribution < 1.29 is 4.74 Å². The van der Waals surface area contributed by atoms with Crippen molar-refractivity contribution in [1.82, 2.24) is 0 Å². The molecule has 0 atom stereocenters. The summed E-state index contributed by atoms with van der Waals surface area (Å²) in [7, 11) is 0. The van der Waals surface area contributed by atoms with Crippen LogP contribution in [-0.4, -0.2) is 0 Å². The molecule has 18 heavy (non-hydrogen) atoms. The Balaban J connectivity index is 2.36. The molecule has 0 amide bonds. The van der Waals surface area contributed by atoms with E-state index >= 15 is 0 Å². The molecule has 94 valence electrons. The average Bonchev–Trinajstić information content (AvgIpc) is 2.33. The van der Waals surface area contributed by atoms with E-state index in [1.165, 1.54) is 0 Å². The summed E-state index contributed by atoms with van der Waals surface area (Å²) in [5.41, 5.74) is 2.14. The third kappa shape index (κ3) is 3.28. The molecule has 2 aromatic rings. The molecule has 0 fully saturated rings. The molecule has 0 saturated carbocycles. The summed E-state index contributed by atoms with van der Waals surface area (Å²) in [6, 6.07) is 11.6. The van der Waals surface area contributed by atoms with Crippen molar-refractivity contribution in [3.63, 3.8) is 0 Å². The van der Waals surface area contributed by atoms with Crippen molar-refractivity contribution >= 4 is 43.5 Å². The van der Waals surface area contributed by atoms with Crippen molar-refractivity contribution in [1.29, 1.82) is 0 Å². The van der Waals surface area contributed by atoms with Crippen molar-refractivity contribution in [3.05, 3.63) is 57.0 Å². The van der Waals surface area contributed by atoms with E-state index in [2.05, 4.69) is 31.9 Å². The summed E-state index contributed by atoms with van der Waals surface area (Å²) in [4.78, 5) is 0. The molecule has 0 radical (unpaired) electrons. The lowest BCUT2D eigenvalue weighted by atomic mass is 10.2. The summed E-state index contributed by atoms with van der Waals surface area (Å²) in [5, 5.41) is 1.40. The largest absolute Gasteiger partial charge is 0.457 e. The maximum absolute atomic E-state index is 6.00. The predicted octanol–water partition coefficient (Wildman–Crippen LogP) is 6.10. The molecule has 0 bridgehead atoms.